The van der Waals surface area contributed by atoms with E-state index in [1.165, 1.54) is 76.3 Å². The summed E-state index contributed by atoms with van der Waals surface area (Å²) >= 11 is 0. The maximum absolute atomic E-state index is 5.48. The lowest BCUT2D eigenvalue weighted by Crippen LogP contribution is -2.03. The van der Waals surface area contributed by atoms with Gasteiger partial charge in [-0.15, -0.1) is 0 Å². The molecule has 0 spiro atoms. The fraction of sp³-hybridized carbons (Fsp3) is 0. The highest BCUT2D eigenvalue weighted by Gasteiger charge is 2.26. The molecule has 52 heavy (non-hydrogen) atoms. The molecule has 0 bridgehead atoms. The summed E-state index contributed by atoms with van der Waals surface area (Å²) in [6, 6.07) is 61.0. The maximum Gasteiger partial charge on any atom is 0.162 e. The van der Waals surface area contributed by atoms with Crippen LogP contribution in [0.2, 0.25) is 0 Å². The molecule has 0 aliphatic heterocycles. The largest absolute Gasteiger partial charge is 0.308 e. The number of nitrogens with zero attached hydrogens (tertiary/aromatic N) is 4. The SMILES string of the molecule is c1ccc(-c2ccc(-c3nc(-n4c5ccccc5c5cc6c7ccccc7n7c8cc9ccccc9cc8c(c54)c67)c4ccccc4n3)cc2)cc1. The Morgan fingerprint density at radius 1 is 0.365 bits per heavy atom. The van der Waals surface area contributed by atoms with E-state index < -0.39 is 0 Å². The lowest BCUT2D eigenvalue weighted by Gasteiger charge is -2.13. The number of benzene rings is 8. The summed E-state index contributed by atoms with van der Waals surface area (Å²) in [4.78, 5) is 10.6. The average Bonchev–Trinajstić information content (AvgIpc) is 3.84. The minimum atomic E-state index is 0.706. The molecule has 240 valence electrons. The van der Waals surface area contributed by atoms with Crippen molar-refractivity contribution >= 4 is 81.6 Å². The zero-order chi connectivity index (χ0) is 33.9. The molecule has 0 aliphatic carbocycles. The van der Waals surface area contributed by atoms with Gasteiger partial charge in [-0.05, 0) is 64.4 Å². The first-order valence-electron chi connectivity index (χ1n) is 17.8. The van der Waals surface area contributed by atoms with Crippen LogP contribution < -0.4 is 0 Å². The minimum Gasteiger partial charge on any atom is -0.308 e. The van der Waals surface area contributed by atoms with Crippen LogP contribution in [-0.2, 0) is 0 Å². The molecule has 0 saturated heterocycles. The van der Waals surface area contributed by atoms with Crippen molar-refractivity contribution in [3.05, 3.63) is 170 Å². The molecule has 4 heteroatoms. The first-order chi connectivity index (χ1) is 25.8. The fourth-order valence-electron chi connectivity index (χ4n) is 8.71. The molecule has 0 saturated carbocycles. The van der Waals surface area contributed by atoms with Crippen molar-refractivity contribution in [1.29, 1.82) is 0 Å². The quantitative estimate of drug-likeness (QED) is 0.189. The van der Waals surface area contributed by atoms with Gasteiger partial charge in [-0.25, -0.2) is 9.97 Å². The van der Waals surface area contributed by atoms with Gasteiger partial charge in [0.05, 0.1) is 33.1 Å². The molecule has 0 fully saturated rings. The molecule has 0 aliphatic rings. The number of fused-ring (bicyclic) bond motifs is 12. The van der Waals surface area contributed by atoms with Crippen LogP contribution in [0.25, 0.3) is 110 Å². The molecule has 0 radical (unpaired) electrons. The highest BCUT2D eigenvalue weighted by atomic mass is 15.1. The van der Waals surface area contributed by atoms with Gasteiger partial charge in [-0.3, -0.25) is 4.57 Å². The van der Waals surface area contributed by atoms with Gasteiger partial charge in [-0.2, -0.15) is 0 Å². The van der Waals surface area contributed by atoms with Gasteiger partial charge in [0.15, 0.2) is 5.82 Å². The number of aromatic nitrogens is 4. The summed E-state index contributed by atoms with van der Waals surface area (Å²) in [6.45, 7) is 0. The third kappa shape index (κ3) is 3.70. The van der Waals surface area contributed by atoms with Crippen molar-refractivity contribution < 1.29 is 0 Å². The Hall–Kier alpha value is -7.04. The Bertz CT molecular complexity index is 3390. The van der Waals surface area contributed by atoms with E-state index in [2.05, 4.69) is 179 Å². The number of hydrogen-bond acceptors (Lipinski definition) is 2. The van der Waals surface area contributed by atoms with E-state index in [1.54, 1.807) is 0 Å². The Kier molecular flexibility index (Phi) is 5.47. The van der Waals surface area contributed by atoms with Crippen molar-refractivity contribution in [2.45, 2.75) is 0 Å². The van der Waals surface area contributed by atoms with E-state index in [-0.39, 0.29) is 0 Å². The van der Waals surface area contributed by atoms with Gasteiger partial charge in [0.25, 0.3) is 0 Å². The molecular formula is C48H28N4. The number of rotatable bonds is 3. The van der Waals surface area contributed by atoms with Gasteiger partial charge < -0.3 is 4.40 Å². The van der Waals surface area contributed by atoms with Crippen LogP contribution in [0.5, 0.6) is 0 Å². The van der Waals surface area contributed by atoms with Gasteiger partial charge in [0.2, 0.25) is 0 Å². The van der Waals surface area contributed by atoms with E-state index in [9.17, 15) is 0 Å². The molecule has 0 amide bonds. The van der Waals surface area contributed by atoms with Crippen molar-refractivity contribution in [2.75, 3.05) is 0 Å². The summed E-state index contributed by atoms with van der Waals surface area (Å²) < 4.78 is 4.90. The Morgan fingerprint density at radius 2 is 0.962 bits per heavy atom. The normalized spacial score (nSPS) is 12.2. The average molecular weight is 661 g/mol. The first kappa shape index (κ1) is 27.7. The lowest BCUT2D eigenvalue weighted by atomic mass is 10.0. The van der Waals surface area contributed by atoms with E-state index >= 15 is 0 Å². The highest BCUT2D eigenvalue weighted by molar-refractivity contribution is 6.35. The molecule has 0 atom stereocenters. The van der Waals surface area contributed by atoms with Gasteiger partial charge in [-0.1, -0.05) is 127 Å². The van der Waals surface area contributed by atoms with Crippen LogP contribution in [0, 0.1) is 0 Å². The molecule has 4 aromatic heterocycles. The van der Waals surface area contributed by atoms with E-state index in [1.807, 2.05) is 0 Å². The molecule has 0 N–H and O–H groups in total. The molecule has 12 aromatic rings. The summed E-state index contributed by atoms with van der Waals surface area (Å²) in [5, 5.41) is 10.9. The van der Waals surface area contributed by atoms with Crippen LogP contribution in [0.4, 0.5) is 0 Å². The van der Waals surface area contributed by atoms with Gasteiger partial charge in [0, 0.05) is 43.3 Å². The topological polar surface area (TPSA) is 35.1 Å². The van der Waals surface area contributed by atoms with E-state index in [0.717, 1.165) is 27.8 Å². The summed E-state index contributed by atoms with van der Waals surface area (Å²) in [5.41, 5.74) is 10.2. The van der Waals surface area contributed by atoms with Crippen LogP contribution in [-0.4, -0.2) is 18.9 Å². The fourth-order valence-corrected chi connectivity index (χ4v) is 8.71. The standard InChI is InChI=1S/C48H28N4/c1-2-12-29(13-3-1)30-22-24-31(25-23-30)47-49-40-19-9-6-18-36(40)48(50-47)52-42-21-11-8-17-35(42)38-28-37-34-16-7-10-20-41(34)51-43-27-33-15-5-4-14-32(33)26-39(43)44(45(37)51)46(38)52/h1-28H. The third-order valence-electron chi connectivity index (χ3n) is 11.0. The van der Waals surface area contributed by atoms with Crippen LogP contribution in [0.3, 0.4) is 0 Å². The molecule has 4 heterocycles. The van der Waals surface area contributed by atoms with E-state index in [0.29, 0.717) is 5.82 Å². The predicted molar refractivity (Wildman–Crippen MR) is 217 cm³/mol. The molecular weight excluding hydrogens is 633 g/mol. The van der Waals surface area contributed by atoms with Crippen molar-refractivity contribution in [1.82, 2.24) is 18.9 Å². The summed E-state index contributed by atoms with van der Waals surface area (Å²) in [7, 11) is 0. The molecule has 12 rings (SSSR count). The number of para-hydroxylation sites is 3. The number of hydrogen-bond donors (Lipinski definition) is 0. The Balaban J connectivity index is 1.24. The maximum atomic E-state index is 5.48. The Labute approximate surface area is 297 Å². The van der Waals surface area contributed by atoms with Crippen molar-refractivity contribution in [3.63, 3.8) is 0 Å². The predicted octanol–water partition coefficient (Wildman–Crippen LogP) is 12.4. The van der Waals surface area contributed by atoms with Crippen LogP contribution in [0.1, 0.15) is 0 Å². The van der Waals surface area contributed by atoms with Crippen molar-refractivity contribution in [3.8, 4) is 28.3 Å². The second-order valence-corrected chi connectivity index (χ2v) is 13.8. The molecule has 8 aromatic carbocycles. The monoisotopic (exact) mass is 660 g/mol. The lowest BCUT2D eigenvalue weighted by molar-refractivity contribution is 1.08. The zero-order valence-corrected chi connectivity index (χ0v) is 28.0. The summed E-state index contributed by atoms with van der Waals surface area (Å²) in [6.07, 6.45) is 0. The zero-order valence-electron chi connectivity index (χ0n) is 28.0. The van der Waals surface area contributed by atoms with Gasteiger partial charge >= 0.3 is 0 Å². The summed E-state index contributed by atoms with van der Waals surface area (Å²) in [5.74, 6) is 1.59. The molecule has 4 nitrogen and oxygen atoms in total. The highest BCUT2D eigenvalue weighted by Crippen LogP contribution is 2.47. The second-order valence-electron chi connectivity index (χ2n) is 13.8. The minimum absolute atomic E-state index is 0.706. The van der Waals surface area contributed by atoms with Crippen molar-refractivity contribution in [2.24, 2.45) is 0 Å². The van der Waals surface area contributed by atoms with Gasteiger partial charge in [0.1, 0.15) is 5.82 Å². The first-order valence-corrected chi connectivity index (χ1v) is 17.8. The van der Waals surface area contributed by atoms with Crippen LogP contribution in [0.15, 0.2) is 170 Å². The van der Waals surface area contributed by atoms with E-state index in [4.69, 9.17) is 9.97 Å². The molecule has 0 unspecified atom stereocenters. The Morgan fingerprint density at radius 3 is 1.77 bits per heavy atom. The third-order valence-corrected chi connectivity index (χ3v) is 11.0. The second kappa shape index (κ2) is 10.3. The van der Waals surface area contributed by atoms with Crippen LogP contribution >= 0.6 is 0 Å². The smallest absolute Gasteiger partial charge is 0.162 e.